The van der Waals surface area contributed by atoms with Gasteiger partial charge < -0.3 is 4.74 Å². The number of ether oxygens (including phenoxy) is 1. The molecule has 92 valence electrons. The molecular weight excluding hydrogens is 272 g/mol. The van der Waals surface area contributed by atoms with Crippen LogP contribution in [-0.2, 0) is 9.53 Å². The first-order chi connectivity index (χ1) is 7.50. The zero-order chi connectivity index (χ0) is 12.8. The van der Waals surface area contributed by atoms with Crippen molar-refractivity contribution in [2.75, 3.05) is 6.61 Å². The van der Waals surface area contributed by atoms with Crippen LogP contribution in [0.4, 0.5) is 0 Å². The van der Waals surface area contributed by atoms with Crippen LogP contribution in [0.2, 0.25) is 0 Å². The van der Waals surface area contributed by atoms with Gasteiger partial charge in [-0.2, -0.15) is 0 Å². The second-order valence-corrected chi connectivity index (χ2v) is 4.18. The van der Waals surface area contributed by atoms with Gasteiger partial charge in [-0.1, -0.05) is 40.9 Å². The Hall–Kier alpha value is -0.510. The summed E-state index contributed by atoms with van der Waals surface area (Å²) in [7, 11) is 0. The molecule has 0 fully saturated rings. The van der Waals surface area contributed by atoms with E-state index in [9.17, 15) is 4.79 Å². The summed E-state index contributed by atoms with van der Waals surface area (Å²) in [5.41, 5.74) is 0. The molecule has 0 saturated carbocycles. The first-order valence-electron chi connectivity index (χ1n) is 4.41. The molecule has 0 saturated heterocycles. The summed E-state index contributed by atoms with van der Waals surface area (Å²) in [5.74, 6) is -0.211. The quantitative estimate of drug-likeness (QED) is 0.584. The predicted molar refractivity (Wildman–Crippen MR) is 67.9 cm³/mol. The molecular formula is C10H14Cl3NO2. The Balaban J connectivity index is 0. The Morgan fingerprint density at radius 2 is 1.69 bits per heavy atom. The molecule has 0 atom stereocenters. The lowest BCUT2D eigenvalue weighted by atomic mass is 10.5. The summed E-state index contributed by atoms with van der Waals surface area (Å²) in [6, 6.07) is 5.72. The molecule has 1 aromatic heterocycles. The van der Waals surface area contributed by atoms with Crippen molar-refractivity contribution in [3.05, 3.63) is 30.6 Å². The Morgan fingerprint density at radius 3 is 1.75 bits per heavy atom. The number of pyridine rings is 1. The third-order valence-corrected chi connectivity index (χ3v) is 0.914. The topological polar surface area (TPSA) is 39.2 Å². The van der Waals surface area contributed by atoms with Crippen molar-refractivity contribution in [2.24, 2.45) is 0 Å². The lowest BCUT2D eigenvalue weighted by Gasteiger charge is -1.89. The second kappa shape index (κ2) is 14.5. The number of hydrogen-bond donors (Lipinski definition) is 0. The molecule has 0 aliphatic carbocycles. The highest BCUT2D eigenvalue weighted by Crippen LogP contribution is 2.03. The number of hydrogen-bond acceptors (Lipinski definition) is 3. The molecule has 1 rings (SSSR count). The van der Waals surface area contributed by atoms with Crippen LogP contribution in [0.1, 0.15) is 13.8 Å². The molecule has 0 spiro atoms. The fraction of sp³-hybridized carbons (Fsp3) is 0.400. The third kappa shape index (κ3) is 29.2. The van der Waals surface area contributed by atoms with Gasteiger partial charge in [0.1, 0.15) is 0 Å². The number of alkyl halides is 3. The van der Waals surface area contributed by atoms with Gasteiger partial charge in [0.15, 0.2) is 4.30 Å². The Kier molecular flexibility index (Phi) is 16.2. The van der Waals surface area contributed by atoms with Crippen LogP contribution in [0.5, 0.6) is 0 Å². The van der Waals surface area contributed by atoms with E-state index >= 15 is 0 Å². The average molecular weight is 287 g/mol. The van der Waals surface area contributed by atoms with Crippen molar-refractivity contribution in [1.82, 2.24) is 4.98 Å². The van der Waals surface area contributed by atoms with Gasteiger partial charge in [-0.3, -0.25) is 9.78 Å². The van der Waals surface area contributed by atoms with Crippen LogP contribution in [-0.4, -0.2) is 21.9 Å². The van der Waals surface area contributed by atoms with E-state index in [2.05, 4.69) is 9.72 Å². The lowest BCUT2D eigenvalue weighted by Crippen LogP contribution is -1.95. The molecule has 0 aliphatic heterocycles. The van der Waals surface area contributed by atoms with Crippen molar-refractivity contribution < 1.29 is 9.53 Å². The summed E-state index contributed by atoms with van der Waals surface area (Å²) < 4.78 is 3.65. The molecule has 1 aromatic rings. The van der Waals surface area contributed by atoms with Crippen LogP contribution < -0.4 is 0 Å². The Bertz CT molecular complexity index is 216. The molecule has 6 heteroatoms. The molecule has 0 bridgehead atoms. The fourth-order valence-electron chi connectivity index (χ4n) is 0.516. The molecule has 3 nitrogen and oxygen atoms in total. The van der Waals surface area contributed by atoms with Crippen LogP contribution in [0.25, 0.3) is 0 Å². The summed E-state index contributed by atoms with van der Waals surface area (Å²) in [6.07, 6.45) is 3.50. The van der Waals surface area contributed by atoms with Crippen LogP contribution >= 0.6 is 34.8 Å². The molecule has 0 aromatic carbocycles. The minimum absolute atomic E-state index is 0.211. The van der Waals surface area contributed by atoms with Crippen molar-refractivity contribution >= 4 is 40.8 Å². The van der Waals surface area contributed by atoms with E-state index in [-0.39, 0.29) is 5.97 Å². The smallest absolute Gasteiger partial charge is 0.302 e. The van der Waals surface area contributed by atoms with Gasteiger partial charge in [0.05, 0.1) is 6.61 Å². The van der Waals surface area contributed by atoms with E-state index in [1.54, 1.807) is 19.3 Å². The van der Waals surface area contributed by atoms with Crippen LogP contribution in [0, 0.1) is 0 Å². The standard InChI is InChI=1S/C5H5N.C4H8O2.CHCl3/c1-2-4-6-5-3-1;1-3-6-4(2)5;2-1(3)4/h1-5H;3H2,1-2H3;1H. The third-order valence-electron chi connectivity index (χ3n) is 0.914. The zero-order valence-electron chi connectivity index (χ0n) is 9.07. The highest BCUT2D eigenvalue weighted by atomic mass is 35.6. The number of aromatic nitrogens is 1. The van der Waals surface area contributed by atoms with Gasteiger partial charge in [0.25, 0.3) is 0 Å². The van der Waals surface area contributed by atoms with Gasteiger partial charge in [-0.25, -0.2) is 0 Å². The first-order valence-corrected chi connectivity index (χ1v) is 5.72. The van der Waals surface area contributed by atoms with Gasteiger partial charge >= 0.3 is 5.97 Å². The monoisotopic (exact) mass is 285 g/mol. The number of esters is 1. The number of halogens is 3. The highest BCUT2D eigenvalue weighted by Gasteiger charge is 1.81. The molecule has 0 amide bonds. The van der Waals surface area contributed by atoms with E-state index in [1.165, 1.54) is 6.92 Å². The van der Waals surface area contributed by atoms with Crippen LogP contribution in [0.15, 0.2) is 30.6 Å². The van der Waals surface area contributed by atoms with E-state index in [4.69, 9.17) is 34.8 Å². The van der Waals surface area contributed by atoms with Gasteiger partial charge in [0, 0.05) is 19.3 Å². The predicted octanol–water partition coefficient (Wildman–Crippen LogP) is 3.64. The summed E-state index contributed by atoms with van der Waals surface area (Å²) in [6.45, 7) is 3.65. The average Bonchev–Trinajstić information content (AvgIpc) is 2.20. The molecule has 0 unspecified atom stereocenters. The minimum Gasteiger partial charge on any atom is -0.466 e. The first kappa shape index (κ1) is 17.9. The number of carbonyl (C=O) groups is 1. The SMILES string of the molecule is CCOC(C)=O.ClC(Cl)Cl.c1ccncc1. The van der Waals surface area contributed by atoms with E-state index in [0.29, 0.717) is 6.61 Å². The molecule has 0 N–H and O–H groups in total. The summed E-state index contributed by atoms with van der Waals surface area (Å²) in [4.78, 5) is 13.6. The maximum Gasteiger partial charge on any atom is 0.302 e. The van der Waals surface area contributed by atoms with E-state index in [1.807, 2.05) is 18.2 Å². The Morgan fingerprint density at radius 1 is 1.25 bits per heavy atom. The molecule has 0 aliphatic rings. The van der Waals surface area contributed by atoms with Crippen molar-refractivity contribution in [2.45, 2.75) is 18.1 Å². The van der Waals surface area contributed by atoms with Gasteiger partial charge in [0.2, 0.25) is 0 Å². The van der Waals surface area contributed by atoms with Crippen molar-refractivity contribution in [3.8, 4) is 0 Å². The maximum absolute atomic E-state index is 9.82. The van der Waals surface area contributed by atoms with Crippen molar-refractivity contribution in [3.63, 3.8) is 0 Å². The molecule has 0 radical (unpaired) electrons. The number of nitrogens with zero attached hydrogens (tertiary/aromatic N) is 1. The number of rotatable bonds is 1. The largest absolute Gasteiger partial charge is 0.466 e. The van der Waals surface area contributed by atoms with Gasteiger partial charge in [-0.15, -0.1) is 0 Å². The fourth-order valence-corrected chi connectivity index (χ4v) is 0.516. The zero-order valence-corrected chi connectivity index (χ0v) is 11.3. The molecule has 1 heterocycles. The summed E-state index contributed by atoms with van der Waals surface area (Å²) >= 11 is 14.4. The molecule has 16 heavy (non-hydrogen) atoms. The van der Waals surface area contributed by atoms with Crippen LogP contribution in [0.3, 0.4) is 0 Å². The van der Waals surface area contributed by atoms with E-state index in [0.717, 1.165) is 0 Å². The normalized spacial score (nSPS) is 8.12. The number of carbonyl (C=O) groups excluding carboxylic acids is 1. The Labute approximate surface area is 111 Å². The minimum atomic E-state index is -0.750. The maximum atomic E-state index is 9.82. The summed E-state index contributed by atoms with van der Waals surface area (Å²) in [5, 5.41) is 0. The van der Waals surface area contributed by atoms with Crippen molar-refractivity contribution in [1.29, 1.82) is 0 Å². The van der Waals surface area contributed by atoms with Gasteiger partial charge in [-0.05, 0) is 19.1 Å². The second-order valence-electron chi connectivity index (χ2n) is 2.20. The highest BCUT2D eigenvalue weighted by molar-refractivity contribution is 6.63. The van der Waals surface area contributed by atoms with E-state index < -0.39 is 4.30 Å². The lowest BCUT2D eigenvalue weighted by molar-refractivity contribution is -0.140.